The lowest BCUT2D eigenvalue weighted by molar-refractivity contribution is 0.417. The molecule has 88 valence electrons. The summed E-state index contributed by atoms with van der Waals surface area (Å²) < 4.78 is 3.06. The Morgan fingerprint density at radius 1 is 1.35 bits per heavy atom. The number of halogens is 1. The molecule has 0 fully saturated rings. The Morgan fingerprint density at radius 3 is 2.88 bits per heavy atom. The van der Waals surface area contributed by atoms with Crippen molar-refractivity contribution in [2.75, 3.05) is 0 Å². The predicted molar refractivity (Wildman–Crippen MR) is 69.3 cm³/mol. The molecule has 1 aliphatic rings. The number of imidazole rings is 1. The van der Waals surface area contributed by atoms with Gasteiger partial charge in [-0.3, -0.25) is 4.98 Å². The molecule has 3 heterocycles. The first-order chi connectivity index (χ1) is 8.27. The van der Waals surface area contributed by atoms with E-state index in [2.05, 4.69) is 30.5 Å². The summed E-state index contributed by atoms with van der Waals surface area (Å²) in [5.41, 5.74) is 8.45. The highest BCUT2D eigenvalue weighted by atomic mass is 79.9. The molecule has 0 saturated heterocycles. The molecule has 0 spiro atoms. The highest BCUT2D eigenvalue weighted by molar-refractivity contribution is 9.10. The molecule has 0 radical (unpaired) electrons. The molecule has 0 aromatic carbocycles. The number of aromatic nitrogens is 3. The number of rotatable bonds is 1. The summed E-state index contributed by atoms with van der Waals surface area (Å²) in [5.74, 6) is 0.932. The molecule has 2 aromatic heterocycles. The molecule has 1 atom stereocenters. The molecule has 2 N–H and O–H groups in total. The zero-order valence-corrected chi connectivity index (χ0v) is 10.9. The van der Waals surface area contributed by atoms with Crippen LogP contribution in [0.1, 0.15) is 24.7 Å². The van der Waals surface area contributed by atoms with Gasteiger partial charge in [-0.1, -0.05) is 0 Å². The van der Waals surface area contributed by atoms with E-state index < -0.39 is 0 Å². The van der Waals surface area contributed by atoms with Crippen molar-refractivity contribution in [1.29, 1.82) is 0 Å². The van der Waals surface area contributed by atoms with E-state index in [-0.39, 0.29) is 6.17 Å². The molecule has 5 heteroatoms. The fraction of sp³-hybridized carbons (Fsp3) is 0.333. The van der Waals surface area contributed by atoms with E-state index in [0.29, 0.717) is 0 Å². The first-order valence-corrected chi connectivity index (χ1v) is 6.49. The minimum absolute atomic E-state index is 0.0284. The molecule has 0 aliphatic carbocycles. The van der Waals surface area contributed by atoms with Gasteiger partial charge in [-0.05, 0) is 47.3 Å². The van der Waals surface area contributed by atoms with Crippen molar-refractivity contribution in [2.45, 2.75) is 25.4 Å². The van der Waals surface area contributed by atoms with Crippen molar-refractivity contribution < 1.29 is 0 Å². The molecule has 1 aliphatic heterocycles. The van der Waals surface area contributed by atoms with Crippen LogP contribution in [0.4, 0.5) is 0 Å². The Kier molecular flexibility index (Phi) is 2.72. The fourth-order valence-corrected chi connectivity index (χ4v) is 2.89. The van der Waals surface area contributed by atoms with Crippen molar-refractivity contribution in [3.63, 3.8) is 0 Å². The van der Waals surface area contributed by atoms with Crippen molar-refractivity contribution >= 4 is 15.9 Å². The van der Waals surface area contributed by atoms with Gasteiger partial charge in [-0.2, -0.15) is 0 Å². The van der Waals surface area contributed by atoms with Crippen LogP contribution in [-0.2, 0) is 6.42 Å². The lowest BCUT2D eigenvalue weighted by atomic mass is 10.1. The maximum absolute atomic E-state index is 6.18. The lowest BCUT2D eigenvalue weighted by Gasteiger charge is -2.24. The maximum atomic E-state index is 6.18. The summed E-state index contributed by atoms with van der Waals surface area (Å²) in [5, 5.41) is 0. The van der Waals surface area contributed by atoms with E-state index in [1.54, 1.807) is 12.4 Å². The van der Waals surface area contributed by atoms with Gasteiger partial charge in [0.25, 0.3) is 0 Å². The molecule has 0 amide bonds. The average Bonchev–Trinajstić information content (AvgIpc) is 2.70. The number of hydrogen-bond donors (Lipinski definition) is 1. The molecule has 3 rings (SSSR count). The number of nitrogens with two attached hydrogens (primary N) is 1. The lowest BCUT2D eigenvalue weighted by Crippen LogP contribution is -2.25. The SMILES string of the molecule is NC1CCCc2c(Br)nc(-c3ccncc3)n21. The number of pyridine rings is 1. The Labute approximate surface area is 108 Å². The largest absolute Gasteiger partial charge is 0.311 e. The topological polar surface area (TPSA) is 56.7 Å². The van der Waals surface area contributed by atoms with Crippen molar-refractivity contribution in [1.82, 2.24) is 14.5 Å². The second-order valence-corrected chi connectivity index (χ2v) is 4.99. The molecule has 4 nitrogen and oxygen atoms in total. The summed E-state index contributed by atoms with van der Waals surface area (Å²) in [6, 6.07) is 3.92. The van der Waals surface area contributed by atoms with E-state index in [4.69, 9.17) is 5.73 Å². The molecule has 0 bridgehead atoms. The van der Waals surface area contributed by atoms with E-state index in [0.717, 1.165) is 35.3 Å². The molecule has 1 unspecified atom stereocenters. The van der Waals surface area contributed by atoms with Crippen LogP contribution in [0.25, 0.3) is 11.4 Å². The molecule has 17 heavy (non-hydrogen) atoms. The first-order valence-electron chi connectivity index (χ1n) is 5.70. The van der Waals surface area contributed by atoms with Gasteiger partial charge in [0.05, 0.1) is 11.9 Å². The highest BCUT2D eigenvalue weighted by Crippen LogP contribution is 2.33. The third-order valence-corrected chi connectivity index (χ3v) is 3.78. The van der Waals surface area contributed by atoms with Gasteiger partial charge in [0.2, 0.25) is 0 Å². The third kappa shape index (κ3) is 1.79. The Hall–Kier alpha value is -1.20. The van der Waals surface area contributed by atoms with Crippen LogP contribution in [0.15, 0.2) is 29.1 Å². The Morgan fingerprint density at radius 2 is 2.12 bits per heavy atom. The van der Waals surface area contributed by atoms with Crippen LogP contribution in [0.5, 0.6) is 0 Å². The van der Waals surface area contributed by atoms with Gasteiger partial charge in [-0.25, -0.2) is 4.98 Å². The van der Waals surface area contributed by atoms with Crippen LogP contribution in [0, 0.1) is 0 Å². The van der Waals surface area contributed by atoms with Crippen LogP contribution >= 0.6 is 15.9 Å². The smallest absolute Gasteiger partial charge is 0.142 e. The quantitative estimate of drug-likeness (QED) is 0.879. The maximum Gasteiger partial charge on any atom is 0.142 e. The summed E-state index contributed by atoms with van der Waals surface area (Å²) in [6.07, 6.45) is 6.75. The molecular formula is C12H13BrN4. The third-order valence-electron chi connectivity index (χ3n) is 3.14. The normalized spacial score (nSPS) is 19.1. The Bertz CT molecular complexity index is 535. The monoisotopic (exact) mass is 292 g/mol. The number of hydrogen-bond acceptors (Lipinski definition) is 3. The van der Waals surface area contributed by atoms with Gasteiger partial charge in [-0.15, -0.1) is 0 Å². The summed E-state index contributed by atoms with van der Waals surface area (Å²) in [4.78, 5) is 8.61. The minimum Gasteiger partial charge on any atom is -0.311 e. The van der Waals surface area contributed by atoms with Gasteiger partial charge in [0.15, 0.2) is 0 Å². The van der Waals surface area contributed by atoms with E-state index in [1.165, 1.54) is 5.69 Å². The van der Waals surface area contributed by atoms with Crippen LogP contribution in [0.2, 0.25) is 0 Å². The van der Waals surface area contributed by atoms with Gasteiger partial charge >= 0.3 is 0 Å². The van der Waals surface area contributed by atoms with Crippen LogP contribution < -0.4 is 5.73 Å². The van der Waals surface area contributed by atoms with Gasteiger partial charge < -0.3 is 10.3 Å². The minimum atomic E-state index is 0.0284. The highest BCUT2D eigenvalue weighted by Gasteiger charge is 2.24. The van der Waals surface area contributed by atoms with Gasteiger partial charge in [0.1, 0.15) is 10.4 Å². The summed E-state index contributed by atoms with van der Waals surface area (Å²) in [7, 11) is 0. The van der Waals surface area contributed by atoms with E-state index in [1.807, 2.05) is 12.1 Å². The zero-order chi connectivity index (χ0) is 11.8. The number of fused-ring (bicyclic) bond motifs is 1. The second kappa shape index (κ2) is 4.23. The molecular weight excluding hydrogens is 280 g/mol. The predicted octanol–water partition coefficient (Wildman–Crippen LogP) is 2.50. The van der Waals surface area contributed by atoms with Crippen LogP contribution in [-0.4, -0.2) is 14.5 Å². The van der Waals surface area contributed by atoms with Crippen molar-refractivity contribution in [3.05, 3.63) is 34.8 Å². The van der Waals surface area contributed by atoms with E-state index in [9.17, 15) is 0 Å². The molecule has 0 saturated carbocycles. The second-order valence-electron chi connectivity index (χ2n) is 4.24. The standard InChI is InChI=1S/C12H13BrN4/c13-11-9-2-1-3-10(14)17(9)12(16-11)8-4-6-15-7-5-8/h4-7,10H,1-3,14H2. The summed E-state index contributed by atoms with van der Waals surface area (Å²) in [6.45, 7) is 0. The van der Waals surface area contributed by atoms with Crippen molar-refractivity contribution in [2.24, 2.45) is 5.73 Å². The average molecular weight is 293 g/mol. The number of nitrogens with zero attached hydrogens (tertiary/aromatic N) is 3. The van der Waals surface area contributed by atoms with Crippen molar-refractivity contribution in [3.8, 4) is 11.4 Å². The van der Waals surface area contributed by atoms with Gasteiger partial charge in [0, 0.05) is 18.0 Å². The fourth-order valence-electron chi connectivity index (χ4n) is 2.33. The first kappa shape index (κ1) is 10.9. The van der Waals surface area contributed by atoms with E-state index >= 15 is 0 Å². The van der Waals surface area contributed by atoms with Crippen LogP contribution in [0.3, 0.4) is 0 Å². The zero-order valence-electron chi connectivity index (χ0n) is 9.31. The molecule has 2 aromatic rings. The summed E-state index contributed by atoms with van der Waals surface area (Å²) >= 11 is 3.52. The Balaban J connectivity index is 2.18.